The molecule has 2 aromatic rings. The van der Waals surface area contributed by atoms with Crippen LogP contribution in [0.5, 0.6) is 0 Å². The Bertz CT molecular complexity index is 647. The highest BCUT2D eigenvalue weighted by Gasteiger charge is 2.42. The molecule has 1 aliphatic heterocycles. The predicted molar refractivity (Wildman–Crippen MR) is 83.8 cm³/mol. The fraction of sp³-hybridized carbons (Fsp3) is 0.625. The highest BCUT2D eigenvalue weighted by Crippen LogP contribution is 2.53. The molecule has 5 heteroatoms. The second kappa shape index (κ2) is 4.57. The van der Waals surface area contributed by atoms with Gasteiger partial charge in [-0.1, -0.05) is 6.42 Å². The molecule has 2 fully saturated rings. The highest BCUT2D eigenvalue weighted by molar-refractivity contribution is 7.09. The molecule has 2 bridgehead atoms. The Morgan fingerprint density at radius 3 is 3.00 bits per heavy atom. The van der Waals surface area contributed by atoms with Gasteiger partial charge in [-0.15, -0.1) is 11.3 Å². The van der Waals surface area contributed by atoms with Crippen molar-refractivity contribution in [1.82, 2.24) is 14.8 Å². The number of aromatic nitrogens is 3. The van der Waals surface area contributed by atoms with Crippen LogP contribution in [0.25, 0.3) is 0 Å². The Hall–Kier alpha value is -1.36. The molecule has 3 heterocycles. The van der Waals surface area contributed by atoms with Gasteiger partial charge in [0.25, 0.3) is 0 Å². The first-order valence-electron chi connectivity index (χ1n) is 8.11. The maximum absolute atomic E-state index is 5.01. The maximum atomic E-state index is 5.01. The molecule has 21 heavy (non-hydrogen) atoms. The average Bonchev–Trinajstić information content (AvgIpc) is 3.26. The van der Waals surface area contributed by atoms with E-state index >= 15 is 0 Å². The van der Waals surface area contributed by atoms with Gasteiger partial charge in [-0.3, -0.25) is 0 Å². The van der Waals surface area contributed by atoms with Gasteiger partial charge in [-0.2, -0.15) is 5.10 Å². The molecular formula is C16H20N4S. The van der Waals surface area contributed by atoms with Crippen molar-refractivity contribution in [2.45, 2.75) is 44.1 Å². The predicted octanol–water partition coefficient (Wildman–Crippen LogP) is 3.65. The number of thiazole rings is 1. The van der Waals surface area contributed by atoms with Crippen LogP contribution in [0.4, 0.5) is 5.82 Å². The molecule has 0 spiro atoms. The second-order valence-corrected chi connectivity index (χ2v) is 7.71. The summed E-state index contributed by atoms with van der Waals surface area (Å²) >= 11 is 1.75. The van der Waals surface area contributed by atoms with Crippen LogP contribution in [0.3, 0.4) is 0 Å². The van der Waals surface area contributed by atoms with E-state index in [9.17, 15) is 0 Å². The fourth-order valence-corrected chi connectivity index (χ4v) is 5.42. The zero-order valence-corrected chi connectivity index (χ0v) is 12.9. The van der Waals surface area contributed by atoms with Gasteiger partial charge in [-0.25, -0.2) is 9.67 Å². The third-order valence-corrected chi connectivity index (χ3v) is 6.50. The third-order valence-electron chi connectivity index (χ3n) is 5.63. The Morgan fingerprint density at radius 1 is 1.24 bits per heavy atom. The fourth-order valence-electron chi connectivity index (χ4n) is 4.66. The maximum Gasteiger partial charge on any atom is 0.125 e. The molecule has 4 unspecified atom stereocenters. The summed E-state index contributed by atoms with van der Waals surface area (Å²) in [6.07, 6.45) is 8.66. The lowest BCUT2D eigenvalue weighted by Gasteiger charge is -2.24. The lowest BCUT2D eigenvalue weighted by molar-refractivity contribution is 0.402. The van der Waals surface area contributed by atoms with Crippen molar-refractivity contribution in [3.8, 4) is 0 Å². The Morgan fingerprint density at radius 2 is 2.24 bits per heavy atom. The van der Waals surface area contributed by atoms with Crippen LogP contribution in [-0.4, -0.2) is 21.3 Å². The number of rotatable bonds is 2. The molecule has 2 saturated carbocycles. The number of hydrogen-bond acceptors (Lipinski definition) is 4. The van der Waals surface area contributed by atoms with Gasteiger partial charge < -0.3 is 5.32 Å². The number of nitrogens with one attached hydrogen (secondary N) is 1. The molecule has 0 saturated heterocycles. The molecule has 5 rings (SSSR count). The molecular weight excluding hydrogens is 280 g/mol. The quantitative estimate of drug-likeness (QED) is 0.920. The molecule has 0 aromatic carbocycles. The largest absolute Gasteiger partial charge is 0.370 e. The first-order chi connectivity index (χ1) is 10.4. The van der Waals surface area contributed by atoms with Gasteiger partial charge in [0.2, 0.25) is 0 Å². The lowest BCUT2D eigenvalue weighted by atomic mass is 9.86. The molecule has 1 N–H and O–H groups in total. The van der Waals surface area contributed by atoms with Crippen LogP contribution in [-0.2, 0) is 0 Å². The summed E-state index contributed by atoms with van der Waals surface area (Å²) in [6, 6.07) is 2.64. The lowest BCUT2D eigenvalue weighted by Crippen LogP contribution is -2.24. The van der Waals surface area contributed by atoms with Crippen LogP contribution >= 0.6 is 11.3 Å². The number of fused-ring (bicyclic) bond motifs is 3. The Kier molecular flexibility index (Phi) is 2.66. The molecule has 0 radical (unpaired) electrons. The van der Waals surface area contributed by atoms with Gasteiger partial charge in [0.1, 0.15) is 16.9 Å². The van der Waals surface area contributed by atoms with Crippen molar-refractivity contribution in [3.05, 3.63) is 28.3 Å². The van der Waals surface area contributed by atoms with E-state index in [1.165, 1.54) is 42.2 Å². The van der Waals surface area contributed by atoms with Crippen molar-refractivity contribution in [2.24, 2.45) is 11.8 Å². The summed E-state index contributed by atoms with van der Waals surface area (Å²) in [7, 11) is 0. The summed E-state index contributed by atoms with van der Waals surface area (Å²) in [5.74, 6) is 3.77. The zero-order chi connectivity index (χ0) is 13.8. The number of anilines is 1. The molecule has 4 atom stereocenters. The van der Waals surface area contributed by atoms with E-state index in [-0.39, 0.29) is 0 Å². The molecule has 0 amide bonds. The van der Waals surface area contributed by atoms with Gasteiger partial charge in [0, 0.05) is 30.1 Å². The minimum Gasteiger partial charge on any atom is -0.370 e. The summed E-state index contributed by atoms with van der Waals surface area (Å²) < 4.78 is 2.20. The van der Waals surface area contributed by atoms with Gasteiger partial charge >= 0.3 is 0 Å². The summed E-state index contributed by atoms with van der Waals surface area (Å²) in [5, 5.41) is 11.8. The first-order valence-corrected chi connectivity index (χ1v) is 8.99. The van der Waals surface area contributed by atoms with Crippen molar-refractivity contribution < 1.29 is 0 Å². The smallest absolute Gasteiger partial charge is 0.125 e. The normalized spacial score (nSPS) is 33.9. The molecule has 2 aromatic heterocycles. The van der Waals surface area contributed by atoms with Crippen molar-refractivity contribution in [1.29, 1.82) is 0 Å². The Labute approximate surface area is 128 Å². The SMILES string of the molecule is c1csc(C2CCNc3cc(C4CC5CCC4C5)nn32)n1. The van der Waals surface area contributed by atoms with E-state index in [4.69, 9.17) is 5.10 Å². The van der Waals surface area contributed by atoms with E-state index in [1.54, 1.807) is 11.3 Å². The first kappa shape index (κ1) is 12.2. The summed E-state index contributed by atoms with van der Waals surface area (Å²) in [6.45, 7) is 1.02. The van der Waals surface area contributed by atoms with E-state index in [1.807, 2.05) is 6.20 Å². The van der Waals surface area contributed by atoms with Crippen LogP contribution < -0.4 is 5.32 Å². The summed E-state index contributed by atoms with van der Waals surface area (Å²) in [4.78, 5) is 4.51. The van der Waals surface area contributed by atoms with Crippen LogP contribution in [0, 0.1) is 11.8 Å². The van der Waals surface area contributed by atoms with Crippen LogP contribution in [0.1, 0.15) is 54.8 Å². The van der Waals surface area contributed by atoms with Gasteiger partial charge in [-0.05, 0) is 37.5 Å². The third kappa shape index (κ3) is 1.86. The minimum absolute atomic E-state index is 0.327. The second-order valence-electron chi connectivity index (χ2n) is 6.78. The average molecular weight is 300 g/mol. The van der Waals surface area contributed by atoms with Gasteiger partial charge in [0.05, 0.1) is 5.69 Å². The van der Waals surface area contributed by atoms with E-state index < -0.39 is 0 Å². The summed E-state index contributed by atoms with van der Waals surface area (Å²) in [5.41, 5.74) is 1.33. The minimum atomic E-state index is 0.327. The Balaban J connectivity index is 1.51. The van der Waals surface area contributed by atoms with E-state index in [2.05, 4.69) is 26.4 Å². The van der Waals surface area contributed by atoms with Crippen molar-refractivity contribution in [2.75, 3.05) is 11.9 Å². The molecule has 3 aliphatic rings. The van der Waals surface area contributed by atoms with Crippen molar-refractivity contribution >= 4 is 17.2 Å². The van der Waals surface area contributed by atoms with Gasteiger partial charge in [0.15, 0.2) is 0 Å². The number of nitrogens with zero attached hydrogens (tertiary/aromatic N) is 3. The van der Waals surface area contributed by atoms with Crippen LogP contribution in [0.2, 0.25) is 0 Å². The van der Waals surface area contributed by atoms with E-state index in [0.29, 0.717) is 12.0 Å². The highest BCUT2D eigenvalue weighted by atomic mass is 32.1. The van der Waals surface area contributed by atoms with Crippen molar-refractivity contribution in [3.63, 3.8) is 0 Å². The monoisotopic (exact) mass is 300 g/mol. The topological polar surface area (TPSA) is 42.7 Å². The zero-order valence-electron chi connectivity index (χ0n) is 12.0. The van der Waals surface area contributed by atoms with Crippen LogP contribution in [0.15, 0.2) is 17.6 Å². The number of hydrogen-bond donors (Lipinski definition) is 1. The standard InChI is InChI=1S/C16H20N4S/c1-2-11-7-10(1)8-12(11)13-9-15-17-4-3-14(20(15)19-13)16-18-5-6-21-16/h5-6,9-12,14,17H,1-4,7-8H2. The van der Waals surface area contributed by atoms with E-state index in [0.717, 1.165) is 24.8 Å². The molecule has 2 aliphatic carbocycles. The molecule has 110 valence electrons. The molecule has 4 nitrogen and oxygen atoms in total.